The first kappa shape index (κ1) is 27.3. The van der Waals surface area contributed by atoms with Crippen LogP contribution in [0.15, 0.2) is 30.5 Å². The van der Waals surface area contributed by atoms with Gasteiger partial charge in [-0.15, -0.1) is 0 Å². The predicted molar refractivity (Wildman–Crippen MR) is 155 cm³/mol. The average molecular weight is 580 g/mol. The van der Waals surface area contributed by atoms with E-state index in [1.165, 1.54) is 6.20 Å². The molecular weight excluding hydrogens is 546 g/mol. The number of hydrogen-bond acceptors (Lipinski definition) is 8. The van der Waals surface area contributed by atoms with E-state index in [1.807, 2.05) is 19.1 Å². The quantitative estimate of drug-likeness (QED) is 0.331. The highest BCUT2D eigenvalue weighted by molar-refractivity contribution is 6.32. The number of nitrogens with one attached hydrogen (secondary N) is 3. The molecule has 0 spiro atoms. The molecule has 6 rings (SSSR count). The molecule has 3 amide bonds. The van der Waals surface area contributed by atoms with Gasteiger partial charge in [-0.05, 0) is 63.0 Å². The maximum atomic E-state index is 13.4. The summed E-state index contributed by atoms with van der Waals surface area (Å²) in [7, 11) is 1.58. The van der Waals surface area contributed by atoms with Crippen LogP contribution in [0.3, 0.4) is 0 Å². The van der Waals surface area contributed by atoms with Crippen molar-refractivity contribution in [2.45, 2.75) is 51.1 Å². The van der Waals surface area contributed by atoms with E-state index in [9.17, 15) is 14.4 Å². The van der Waals surface area contributed by atoms with E-state index < -0.39 is 6.04 Å². The Morgan fingerprint density at radius 1 is 1.20 bits per heavy atom. The third kappa shape index (κ3) is 5.07. The highest BCUT2D eigenvalue weighted by atomic mass is 35.5. The van der Waals surface area contributed by atoms with E-state index in [1.54, 1.807) is 12.0 Å². The molecule has 1 aliphatic heterocycles. The van der Waals surface area contributed by atoms with Gasteiger partial charge in [0.15, 0.2) is 5.82 Å². The van der Waals surface area contributed by atoms with Crippen LogP contribution in [-0.2, 0) is 20.8 Å². The Hall–Kier alpha value is -3.86. The molecule has 216 valence electrons. The van der Waals surface area contributed by atoms with E-state index in [-0.39, 0.29) is 53.4 Å². The number of carbonyl (C=O) groups is 3. The smallest absolute Gasteiger partial charge is 0.249 e. The number of anilines is 4. The number of amides is 3. The van der Waals surface area contributed by atoms with Gasteiger partial charge in [0.25, 0.3) is 0 Å². The molecule has 0 radical (unpaired) electrons. The normalized spacial score (nSPS) is 26.4. The van der Waals surface area contributed by atoms with Crippen molar-refractivity contribution in [2.75, 3.05) is 29.2 Å². The number of benzene rings is 1. The number of fused-ring (bicyclic) bond motifs is 3. The second-order valence-electron chi connectivity index (χ2n) is 11.2. The number of nitrogens with zero attached hydrogens (tertiary/aromatic N) is 3. The molecule has 2 fully saturated rings. The molecule has 41 heavy (non-hydrogen) atoms. The Morgan fingerprint density at radius 2 is 1.98 bits per heavy atom. The zero-order chi connectivity index (χ0) is 28.8. The van der Waals surface area contributed by atoms with Crippen LogP contribution in [0.1, 0.15) is 38.2 Å². The van der Waals surface area contributed by atoms with Crippen LogP contribution in [0, 0.1) is 23.7 Å². The van der Waals surface area contributed by atoms with E-state index in [4.69, 9.17) is 22.1 Å². The average Bonchev–Trinajstić information content (AvgIpc) is 3.64. The fourth-order valence-corrected chi connectivity index (χ4v) is 6.62. The van der Waals surface area contributed by atoms with E-state index in [0.29, 0.717) is 41.7 Å². The lowest BCUT2D eigenvalue weighted by Gasteiger charge is -2.27. The van der Waals surface area contributed by atoms with Crippen molar-refractivity contribution in [1.29, 1.82) is 0 Å². The van der Waals surface area contributed by atoms with E-state index in [0.717, 1.165) is 30.5 Å². The Morgan fingerprint density at radius 3 is 2.68 bits per heavy atom. The van der Waals surface area contributed by atoms with Gasteiger partial charge in [0, 0.05) is 24.1 Å². The van der Waals surface area contributed by atoms with Crippen molar-refractivity contribution in [3.05, 3.63) is 41.1 Å². The summed E-state index contributed by atoms with van der Waals surface area (Å²) in [6.07, 6.45) is 9.30. The number of carbonyl (C=O) groups excluding carboxylic acids is 3. The number of primary amides is 1. The number of likely N-dealkylation sites (N-methyl/N-ethyl adjacent to an activating group) is 1. The molecule has 11 nitrogen and oxygen atoms in total. The van der Waals surface area contributed by atoms with Crippen LogP contribution in [0.25, 0.3) is 0 Å². The summed E-state index contributed by atoms with van der Waals surface area (Å²) < 4.78 is 5.86. The summed E-state index contributed by atoms with van der Waals surface area (Å²) in [4.78, 5) is 48.7. The molecule has 0 unspecified atom stereocenters. The third-order valence-corrected chi connectivity index (χ3v) is 8.92. The van der Waals surface area contributed by atoms with Gasteiger partial charge < -0.3 is 31.3 Å². The molecule has 12 heteroatoms. The van der Waals surface area contributed by atoms with Gasteiger partial charge in [-0.3, -0.25) is 14.4 Å². The lowest BCUT2D eigenvalue weighted by Crippen LogP contribution is -2.48. The molecule has 2 bridgehead atoms. The van der Waals surface area contributed by atoms with Crippen molar-refractivity contribution < 1.29 is 19.1 Å². The van der Waals surface area contributed by atoms with Crippen LogP contribution >= 0.6 is 11.6 Å². The molecule has 5 atom stereocenters. The SMILES string of the molecule is CCN1C(=O)[C@@H](NC(=O)C2CC2)CCc2c1ccc(Nc1ncc(Cl)c(N[C@H]3[C@@H](C(N)=O)[C@@H]4C=C[C@H]3C4)n1)c2OC. The molecule has 2 saturated carbocycles. The summed E-state index contributed by atoms with van der Waals surface area (Å²) >= 11 is 6.46. The summed E-state index contributed by atoms with van der Waals surface area (Å²) in [6, 6.07) is 2.91. The minimum atomic E-state index is -0.588. The molecule has 3 aliphatic carbocycles. The number of hydrogen-bond donors (Lipinski definition) is 4. The Labute approximate surface area is 243 Å². The lowest BCUT2D eigenvalue weighted by atomic mass is 9.88. The fourth-order valence-electron chi connectivity index (χ4n) is 6.47. The van der Waals surface area contributed by atoms with Gasteiger partial charge in [-0.25, -0.2) is 4.98 Å². The number of methoxy groups -OCH3 is 1. The van der Waals surface area contributed by atoms with Crippen molar-refractivity contribution in [1.82, 2.24) is 15.3 Å². The number of ether oxygens (including phenoxy) is 1. The highest BCUT2D eigenvalue weighted by Gasteiger charge is 2.47. The third-order valence-electron chi connectivity index (χ3n) is 8.64. The molecule has 2 heterocycles. The molecular formula is C29H34ClN7O4. The van der Waals surface area contributed by atoms with Crippen molar-refractivity contribution in [2.24, 2.45) is 29.4 Å². The van der Waals surface area contributed by atoms with E-state index >= 15 is 0 Å². The van der Waals surface area contributed by atoms with Crippen molar-refractivity contribution >= 4 is 52.5 Å². The number of nitrogens with two attached hydrogens (primary N) is 1. The Balaban J connectivity index is 1.25. The maximum absolute atomic E-state index is 13.4. The van der Waals surface area contributed by atoms with Gasteiger partial charge in [0.1, 0.15) is 16.8 Å². The molecule has 1 aromatic heterocycles. The van der Waals surface area contributed by atoms with Crippen molar-refractivity contribution in [3.63, 3.8) is 0 Å². The molecule has 5 N–H and O–H groups in total. The summed E-state index contributed by atoms with van der Waals surface area (Å²) in [5.41, 5.74) is 7.97. The van der Waals surface area contributed by atoms with Gasteiger partial charge in [0.05, 0.1) is 30.6 Å². The molecule has 4 aliphatic rings. The first-order chi connectivity index (χ1) is 19.8. The topological polar surface area (TPSA) is 152 Å². The molecule has 2 aromatic rings. The number of aromatic nitrogens is 2. The largest absolute Gasteiger partial charge is 0.494 e. The van der Waals surface area contributed by atoms with Gasteiger partial charge in [-0.2, -0.15) is 4.98 Å². The molecule has 1 aromatic carbocycles. The van der Waals surface area contributed by atoms with Gasteiger partial charge in [-0.1, -0.05) is 23.8 Å². The maximum Gasteiger partial charge on any atom is 0.249 e. The first-order valence-electron chi connectivity index (χ1n) is 14.1. The first-order valence-corrected chi connectivity index (χ1v) is 14.5. The van der Waals surface area contributed by atoms with Crippen LogP contribution in [0.4, 0.5) is 23.1 Å². The lowest BCUT2D eigenvalue weighted by molar-refractivity contribution is -0.128. The zero-order valence-electron chi connectivity index (χ0n) is 23.0. The second-order valence-corrected chi connectivity index (χ2v) is 11.6. The summed E-state index contributed by atoms with van der Waals surface area (Å²) in [5.74, 6) is 0.739. The van der Waals surface area contributed by atoms with Gasteiger partial charge in [0.2, 0.25) is 23.7 Å². The second kappa shape index (κ2) is 10.8. The summed E-state index contributed by atoms with van der Waals surface area (Å²) in [6.45, 7) is 2.37. The van der Waals surface area contributed by atoms with Crippen LogP contribution < -0.4 is 31.3 Å². The van der Waals surface area contributed by atoms with Gasteiger partial charge >= 0.3 is 0 Å². The highest BCUT2D eigenvalue weighted by Crippen LogP contribution is 2.45. The summed E-state index contributed by atoms with van der Waals surface area (Å²) in [5, 5.41) is 9.88. The van der Waals surface area contributed by atoms with Crippen LogP contribution in [-0.4, -0.2) is 53.4 Å². The standard InChI is InChI=1S/C29H34ClN7O4/c1-3-37-21-11-10-19(24(41-2)17(21)8-9-20(28(37)40)33-27(39)14-4-5-14)34-29-32-13-18(30)26(36-29)35-23-16-7-6-15(12-16)22(23)25(31)38/h6-7,10-11,13-16,20,22-23H,3-5,8-9,12H2,1-2H3,(H2,31,38)(H,33,39)(H2,32,34,35,36)/t15-,16+,20+,22+,23-/m1/s1. The minimum Gasteiger partial charge on any atom is -0.494 e. The van der Waals surface area contributed by atoms with Crippen LogP contribution in [0.2, 0.25) is 5.02 Å². The minimum absolute atomic E-state index is 0.0227. The number of halogens is 1. The monoisotopic (exact) mass is 579 g/mol. The predicted octanol–water partition coefficient (Wildman–Crippen LogP) is 3.16. The fraction of sp³-hybridized carbons (Fsp3) is 0.483. The zero-order valence-corrected chi connectivity index (χ0v) is 23.8. The number of allylic oxidation sites excluding steroid dienone is 1. The van der Waals surface area contributed by atoms with Crippen molar-refractivity contribution in [3.8, 4) is 5.75 Å². The molecule has 0 saturated heterocycles. The Kier molecular flexibility index (Phi) is 7.23. The van der Waals surface area contributed by atoms with Crippen LogP contribution in [0.5, 0.6) is 5.75 Å². The number of rotatable bonds is 9. The van der Waals surface area contributed by atoms with E-state index in [2.05, 4.69) is 38.1 Å². The Bertz CT molecular complexity index is 1430.